The molecular formula is C27H25Cl2N3O2. The van der Waals surface area contributed by atoms with Crippen LogP contribution in [0.4, 0.5) is 5.69 Å². The number of rotatable bonds is 9. The largest absolute Gasteiger partial charge is 0.475 e. The third-order valence-electron chi connectivity index (χ3n) is 5.51. The highest BCUT2D eigenvalue weighted by Crippen LogP contribution is 2.29. The molecule has 7 heteroatoms. The van der Waals surface area contributed by atoms with E-state index in [0.29, 0.717) is 45.9 Å². The molecule has 4 rings (SSSR count). The number of ether oxygens (including phenoxy) is 1. The molecular weight excluding hydrogens is 469 g/mol. The van der Waals surface area contributed by atoms with E-state index in [0.717, 1.165) is 12.2 Å². The number of benzene rings is 3. The van der Waals surface area contributed by atoms with Crippen molar-refractivity contribution in [3.63, 3.8) is 0 Å². The fourth-order valence-electron chi connectivity index (χ4n) is 3.87. The van der Waals surface area contributed by atoms with Crippen molar-refractivity contribution in [2.45, 2.75) is 13.5 Å². The van der Waals surface area contributed by atoms with E-state index in [1.165, 1.54) is 5.56 Å². The van der Waals surface area contributed by atoms with E-state index in [2.05, 4.69) is 34.3 Å². The van der Waals surface area contributed by atoms with E-state index in [1.54, 1.807) is 36.9 Å². The van der Waals surface area contributed by atoms with Gasteiger partial charge in [0.05, 0.1) is 17.3 Å². The Labute approximate surface area is 209 Å². The van der Waals surface area contributed by atoms with Crippen LogP contribution in [0.25, 0.3) is 0 Å². The fourth-order valence-corrected chi connectivity index (χ4v) is 4.36. The molecule has 0 fully saturated rings. The highest BCUT2D eigenvalue weighted by molar-refractivity contribution is 6.37. The number of hydrogen-bond donors (Lipinski definition) is 0. The van der Waals surface area contributed by atoms with Crippen LogP contribution in [0.15, 0.2) is 78.9 Å². The van der Waals surface area contributed by atoms with Crippen molar-refractivity contribution in [1.29, 1.82) is 0 Å². The zero-order valence-electron chi connectivity index (χ0n) is 19.0. The Morgan fingerprint density at radius 1 is 1.00 bits per heavy atom. The summed E-state index contributed by atoms with van der Waals surface area (Å²) in [6, 6.07) is 25.3. The molecule has 0 saturated carbocycles. The highest BCUT2D eigenvalue weighted by atomic mass is 35.5. The summed E-state index contributed by atoms with van der Waals surface area (Å²) in [5.41, 5.74) is 3.65. The van der Waals surface area contributed by atoms with Gasteiger partial charge in [-0.1, -0.05) is 71.7 Å². The summed E-state index contributed by atoms with van der Waals surface area (Å²) in [4.78, 5) is 15.6. The Morgan fingerprint density at radius 3 is 2.35 bits per heavy atom. The number of anilines is 1. The van der Waals surface area contributed by atoms with Crippen molar-refractivity contribution < 1.29 is 9.53 Å². The van der Waals surface area contributed by atoms with Gasteiger partial charge in [-0.3, -0.25) is 4.79 Å². The van der Waals surface area contributed by atoms with Gasteiger partial charge in [0.2, 0.25) is 11.7 Å². The molecule has 3 aromatic carbocycles. The molecule has 0 aliphatic carbocycles. The number of halogens is 2. The standard InChI is InChI=1S/C27H25Cl2N3O2/c1-19-25(26(33)23-14-13-21(28)17-24(23)29)27(31(2)30-19)34-16-15-32(22-11-7-4-8-12-22)18-20-9-5-3-6-10-20/h3-14,17H,15-16,18H2,1-2H3. The van der Waals surface area contributed by atoms with Gasteiger partial charge in [0.15, 0.2) is 0 Å². The van der Waals surface area contributed by atoms with Gasteiger partial charge in [-0.2, -0.15) is 5.10 Å². The number of aryl methyl sites for hydroxylation is 2. The fraction of sp³-hybridized carbons (Fsp3) is 0.185. The van der Waals surface area contributed by atoms with Crippen molar-refractivity contribution in [1.82, 2.24) is 9.78 Å². The molecule has 0 unspecified atom stereocenters. The van der Waals surface area contributed by atoms with Gasteiger partial charge in [0.1, 0.15) is 12.2 Å². The van der Waals surface area contributed by atoms with Crippen LogP contribution in [0.2, 0.25) is 10.0 Å². The summed E-state index contributed by atoms with van der Waals surface area (Å²) in [7, 11) is 1.77. The molecule has 0 aliphatic heterocycles. The Hall–Kier alpha value is -3.28. The lowest BCUT2D eigenvalue weighted by Gasteiger charge is -2.25. The van der Waals surface area contributed by atoms with Gasteiger partial charge < -0.3 is 9.64 Å². The highest BCUT2D eigenvalue weighted by Gasteiger charge is 2.25. The number of carbonyl (C=O) groups is 1. The first-order valence-electron chi connectivity index (χ1n) is 10.9. The Bertz CT molecular complexity index is 1270. The van der Waals surface area contributed by atoms with Crippen molar-refractivity contribution in [3.8, 4) is 5.88 Å². The maximum atomic E-state index is 13.3. The van der Waals surface area contributed by atoms with E-state index in [-0.39, 0.29) is 5.78 Å². The first-order chi connectivity index (χ1) is 16.4. The van der Waals surface area contributed by atoms with E-state index >= 15 is 0 Å². The molecule has 174 valence electrons. The summed E-state index contributed by atoms with van der Waals surface area (Å²) in [5, 5.41) is 5.19. The van der Waals surface area contributed by atoms with E-state index in [4.69, 9.17) is 27.9 Å². The molecule has 0 N–H and O–H groups in total. The summed E-state index contributed by atoms with van der Waals surface area (Å²) in [5.74, 6) is 0.174. The van der Waals surface area contributed by atoms with Gasteiger partial charge in [-0.15, -0.1) is 0 Å². The lowest BCUT2D eigenvalue weighted by molar-refractivity contribution is 0.103. The predicted octanol–water partition coefficient (Wildman–Crippen LogP) is 6.35. The molecule has 0 atom stereocenters. The van der Waals surface area contributed by atoms with E-state index < -0.39 is 0 Å². The molecule has 0 saturated heterocycles. The predicted molar refractivity (Wildman–Crippen MR) is 137 cm³/mol. The van der Waals surface area contributed by atoms with Crippen LogP contribution >= 0.6 is 23.2 Å². The molecule has 34 heavy (non-hydrogen) atoms. The molecule has 5 nitrogen and oxygen atoms in total. The van der Waals surface area contributed by atoms with Gasteiger partial charge in [-0.05, 0) is 42.8 Å². The number of para-hydroxylation sites is 1. The van der Waals surface area contributed by atoms with E-state index in [9.17, 15) is 4.79 Å². The molecule has 4 aromatic rings. The zero-order valence-corrected chi connectivity index (χ0v) is 20.6. The van der Waals surface area contributed by atoms with Crippen molar-refractivity contribution in [3.05, 3.63) is 111 Å². The van der Waals surface area contributed by atoms with Crippen molar-refractivity contribution >= 4 is 34.7 Å². The Balaban J connectivity index is 1.54. The van der Waals surface area contributed by atoms with E-state index in [1.807, 2.05) is 36.4 Å². The first-order valence-corrected chi connectivity index (χ1v) is 11.7. The summed E-state index contributed by atoms with van der Waals surface area (Å²) >= 11 is 12.3. The van der Waals surface area contributed by atoms with Gasteiger partial charge in [0, 0.05) is 29.9 Å². The second kappa shape index (κ2) is 10.8. The van der Waals surface area contributed by atoms with Crippen molar-refractivity contribution in [2.24, 2.45) is 7.05 Å². The second-order valence-electron chi connectivity index (χ2n) is 7.93. The van der Waals surface area contributed by atoms with Crippen molar-refractivity contribution in [2.75, 3.05) is 18.1 Å². The number of aromatic nitrogens is 2. The van der Waals surface area contributed by atoms with Crippen LogP contribution < -0.4 is 9.64 Å². The molecule has 0 aliphatic rings. The number of ketones is 1. The number of nitrogens with zero attached hydrogens (tertiary/aromatic N) is 3. The van der Waals surface area contributed by atoms with Gasteiger partial charge >= 0.3 is 0 Å². The lowest BCUT2D eigenvalue weighted by atomic mass is 10.0. The Morgan fingerprint density at radius 2 is 1.68 bits per heavy atom. The van der Waals surface area contributed by atoms with Crippen LogP contribution in [0.1, 0.15) is 27.2 Å². The maximum Gasteiger partial charge on any atom is 0.223 e. The van der Waals surface area contributed by atoms with Crippen LogP contribution in [-0.2, 0) is 13.6 Å². The van der Waals surface area contributed by atoms with Gasteiger partial charge in [-0.25, -0.2) is 4.68 Å². The molecule has 0 bridgehead atoms. The average Bonchev–Trinajstić information content (AvgIpc) is 3.12. The topological polar surface area (TPSA) is 47.4 Å². The van der Waals surface area contributed by atoms with Crippen LogP contribution in [-0.4, -0.2) is 28.7 Å². The normalized spacial score (nSPS) is 10.8. The minimum absolute atomic E-state index is 0.244. The van der Waals surface area contributed by atoms with Crippen LogP contribution in [0, 0.1) is 6.92 Å². The molecule has 0 amide bonds. The lowest BCUT2D eigenvalue weighted by Crippen LogP contribution is -2.28. The molecule has 1 aromatic heterocycles. The minimum atomic E-state index is -0.244. The summed E-state index contributed by atoms with van der Waals surface area (Å²) in [6.07, 6.45) is 0. The smallest absolute Gasteiger partial charge is 0.223 e. The quantitative estimate of drug-likeness (QED) is 0.255. The monoisotopic (exact) mass is 493 g/mol. The number of carbonyl (C=O) groups excluding carboxylic acids is 1. The van der Waals surface area contributed by atoms with Gasteiger partial charge in [0.25, 0.3) is 0 Å². The molecule has 1 heterocycles. The summed E-state index contributed by atoms with van der Waals surface area (Å²) < 4.78 is 7.75. The third kappa shape index (κ3) is 5.44. The minimum Gasteiger partial charge on any atom is -0.475 e. The average molecular weight is 494 g/mol. The zero-order chi connectivity index (χ0) is 24.1. The number of hydrogen-bond acceptors (Lipinski definition) is 4. The molecule has 0 spiro atoms. The van der Waals surface area contributed by atoms with Crippen LogP contribution in [0.3, 0.4) is 0 Å². The third-order valence-corrected chi connectivity index (χ3v) is 6.06. The maximum absolute atomic E-state index is 13.3. The second-order valence-corrected chi connectivity index (χ2v) is 8.78. The Kier molecular flexibility index (Phi) is 7.56. The first kappa shape index (κ1) is 23.9. The summed E-state index contributed by atoms with van der Waals surface area (Å²) in [6.45, 7) is 3.52. The molecule has 0 radical (unpaired) electrons. The SMILES string of the molecule is Cc1nn(C)c(OCCN(Cc2ccccc2)c2ccccc2)c1C(=O)c1ccc(Cl)cc1Cl. The van der Waals surface area contributed by atoms with Crippen LogP contribution in [0.5, 0.6) is 5.88 Å².